The lowest BCUT2D eigenvalue weighted by Gasteiger charge is -2.29. The standard InChI is InChI=1S/C15H19F3N2O2/c16-15(17,18)11-3-1-4-12(9-11)19-14(22)6-8-20-7-2-5-13(21)10-20/h1,3-4,9,13,21H,2,5-8,10H2,(H,19,22). The molecule has 0 spiro atoms. The lowest BCUT2D eigenvalue weighted by Crippen LogP contribution is -2.39. The van der Waals surface area contributed by atoms with Gasteiger partial charge in [0.1, 0.15) is 0 Å². The minimum atomic E-state index is -4.43. The SMILES string of the molecule is O=C(CCN1CCCC(O)C1)Nc1cccc(C(F)(F)F)c1. The van der Waals surface area contributed by atoms with Gasteiger partial charge in [-0.2, -0.15) is 13.2 Å². The molecule has 1 aromatic rings. The van der Waals surface area contributed by atoms with E-state index in [9.17, 15) is 23.1 Å². The maximum atomic E-state index is 12.6. The molecule has 1 aliphatic heterocycles. The predicted molar refractivity (Wildman–Crippen MR) is 76.4 cm³/mol. The summed E-state index contributed by atoms with van der Waals surface area (Å²) in [6.45, 7) is 1.85. The number of benzene rings is 1. The van der Waals surface area contributed by atoms with Gasteiger partial charge in [-0.15, -0.1) is 0 Å². The largest absolute Gasteiger partial charge is 0.416 e. The minimum Gasteiger partial charge on any atom is -0.392 e. The molecule has 0 saturated carbocycles. The van der Waals surface area contributed by atoms with Crippen LogP contribution in [-0.2, 0) is 11.0 Å². The van der Waals surface area contributed by atoms with E-state index in [0.29, 0.717) is 13.1 Å². The number of β-amino-alcohol motifs (C(OH)–C–C–N with tert-alkyl or cyclic N) is 1. The normalized spacial score (nSPS) is 19.9. The van der Waals surface area contributed by atoms with Crippen LogP contribution in [0.2, 0.25) is 0 Å². The lowest BCUT2D eigenvalue weighted by atomic mass is 10.1. The van der Waals surface area contributed by atoms with E-state index in [2.05, 4.69) is 5.32 Å². The molecule has 2 N–H and O–H groups in total. The lowest BCUT2D eigenvalue weighted by molar-refractivity contribution is -0.137. The highest BCUT2D eigenvalue weighted by Crippen LogP contribution is 2.30. The van der Waals surface area contributed by atoms with Crippen molar-refractivity contribution in [3.05, 3.63) is 29.8 Å². The highest BCUT2D eigenvalue weighted by molar-refractivity contribution is 5.90. The molecule has 122 valence electrons. The van der Waals surface area contributed by atoms with E-state index in [1.165, 1.54) is 12.1 Å². The molecule has 2 rings (SSSR count). The maximum absolute atomic E-state index is 12.6. The highest BCUT2D eigenvalue weighted by atomic mass is 19.4. The number of amides is 1. The van der Waals surface area contributed by atoms with E-state index >= 15 is 0 Å². The summed E-state index contributed by atoms with van der Waals surface area (Å²) in [5.41, 5.74) is -0.650. The number of nitrogens with one attached hydrogen (secondary N) is 1. The van der Waals surface area contributed by atoms with Gasteiger partial charge in [-0.3, -0.25) is 4.79 Å². The number of likely N-dealkylation sites (tertiary alicyclic amines) is 1. The quantitative estimate of drug-likeness (QED) is 0.897. The molecular formula is C15H19F3N2O2. The molecule has 0 radical (unpaired) electrons. The van der Waals surface area contributed by atoms with Gasteiger partial charge in [0, 0.05) is 25.2 Å². The van der Waals surface area contributed by atoms with Crippen LogP contribution in [0.25, 0.3) is 0 Å². The van der Waals surface area contributed by atoms with Gasteiger partial charge < -0.3 is 15.3 Å². The van der Waals surface area contributed by atoms with E-state index in [4.69, 9.17) is 0 Å². The molecule has 0 bridgehead atoms. The van der Waals surface area contributed by atoms with E-state index in [1.807, 2.05) is 4.90 Å². The number of alkyl halides is 3. The van der Waals surface area contributed by atoms with Crippen LogP contribution in [0.5, 0.6) is 0 Å². The number of aliphatic hydroxyl groups is 1. The van der Waals surface area contributed by atoms with E-state index in [1.54, 1.807) is 0 Å². The third kappa shape index (κ3) is 4.99. The second-order valence-electron chi connectivity index (χ2n) is 5.47. The van der Waals surface area contributed by atoms with Crippen molar-refractivity contribution in [3.8, 4) is 0 Å². The summed E-state index contributed by atoms with van der Waals surface area (Å²) in [4.78, 5) is 13.8. The van der Waals surface area contributed by atoms with E-state index in [0.717, 1.165) is 31.5 Å². The van der Waals surface area contributed by atoms with Gasteiger partial charge in [-0.05, 0) is 37.6 Å². The summed E-state index contributed by atoms with van der Waals surface area (Å²) in [6, 6.07) is 4.57. The van der Waals surface area contributed by atoms with Crippen molar-refractivity contribution < 1.29 is 23.1 Å². The molecule has 1 atom stereocenters. The number of carbonyl (C=O) groups is 1. The second-order valence-corrected chi connectivity index (χ2v) is 5.47. The number of halogens is 3. The van der Waals surface area contributed by atoms with Gasteiger partial charge in [0.15, 0.2) is 0 Å². The summed E-state index contributed by atoms with van der Waals surface area (Å²) in [6.07, 6.45) is -2.95. The van der Waals surface area contributed by atoms with Crippen LogP contribution in [0, 0.1) is 0 Å². The molecule has 1 fully saturated rings. The highest BCUT2D eigenvalue weighted by Gasteiger charge is 2.30. The fraction of sp³-hybridized carbons (Fsp3) is 0.533. The fourth-order valence-electron chi connectivity index (χ4n) is 2.49. The van der Waals surface area contributed by atoms with Crippen molar-refractivity contribution in [1.29, 1.82) is 0 Å². The zero-order valence-corrected chi connectivity index (χ0v) is 12.1. The Morgan fingerprint density at radius 1 is 1.41 bits per heavy atom. The summed E-state index contributed by atoms with van der Waals surface area (Å²) in [7, 11) is 0. The van der Waals surface area contributed by atoms with Gasteiger partial charge >= 0.3 is 6.18 Å². The first-order valence-corrected chi connectivity index (χ1v) is 7.22. The van der Waals surface area contributed by atoms with Crippen LogP contribution in [0.15, 0.2) is 24.3 Å². The molecule has 22 heavy (non-hydrogen) atoms. The van der Waals surface area contributed by atoms with Crippen LogP contribution >= 0.6 is 0 Å². The van der Waals surface area contributed by atoms with Gasteiger partial charge in [0.25, 0.3) is 0 Å². The van der Waals surface area contributed by atoms with Crippen LogP contribution < -0.4 is 5.32 Å². The number of hydrogen-bond donors (Lipinski definition) is 2. The Kier molecular flexibility index (Phi) is 5.42. The van der Waals surface area contributed by atoms with Gasteiger partial charge in [0.2, 0.25) is 5.91 Å². The summed E-state index contributed by atoms with van der Waals surface area (Å²) in [5.74, 6) is -0.334. The van der Waals surface area contributed by atoms with Gasteiger partial charge in [-0.1, -0.05) is 6.07 Å². The molecule has 1 heterocycles. The molecule has 1 amide bonds. The Hall–Kier alpha value is -1.60. The van der Waals surface area contributed by atoms with Crippen molar-refractivity contribution in [3.63, 3.8) is 0 Å². The number of nitrogens with zero attached hydrogens (tertiary/aromatic N) is 1. The Labute approximate surface area is 126 Å². The Morgan fingerprint density at radius 3 is 2.86 bits per heavy atom. The zero-order chi connectivity index (χ0) is 16.2. The topological polar surface area (TPSA) is 52.6 Å². The summed E-state index contributed by atoms with van der Waals surface area (Å²) < 4.78 is 37.8. The number of anilines is 1. The molecule has 1 saturated heterocycles. The van der Waals surface area contributed by atoms with Crippen molar-refractivity contribution in [2.24, 2.45) is 0 Å². The third-order valence-electron chi connectivity index (χ3n) is 3.61. The fourth-order valence-corrected chi connectivity index (χ4v) is 2.49. The third-order valence-corrected chi connectivity index (χ3v) is 3.61. The first-order chi connectivity index (χ1) is 10.3. The Balaban J connectivity index is 1.84. The average molecular weight is 316 g/mol. The van der Waals surface area contributed by atoms with E-state index in [-0.39, 0.29) is 24.1 Å². The molecule has 0 aromatic heterocycles. The Bertz CT molecular complexity index is 520. The van der Waals surface area contributed by atoms with Gasteiger partial charge in [-0.25, -0.2) is 0 Å². The predicted octanol–water partition coefficient (Wildman–Crippen LogP) is 2.49. The number of carbonyl (C=O) groups excluding carboxylic acids is 1. The number of piperidine rings is 1. The smallest absolute Gasteiger partial charge is 0.392 e. The first-order valence-electron chi connectivity index (χ1n) is 7.22. The molecule has 4 nitrogen and oxygen atoms in total. The monoisotopic (exact) mass is 316 g/mol. The maximum Gasteiger partial charge on any atom is 0.416 e. The second kappa shape index (κ2) is 7.11. The number of aliphatic hydroxyl groups excluding tert-OH is 1. The van der Waals surface area contributed by atoms with Gasteiger partial charge in [0.05, 0.1) is 11.7 Å². The van der Waals surface area contributed by atoms with Crippen LogP contribution in [0.1, 0.15) is 24.8 Å². The molecular weight excluding hydrogens is 297 g/mol. The molecule has 1 aromatic carbocycles. The van der Waals surface area contributed by atoms with Crippen molar-refractivity contribution in [2.75, 3.05) is 25.0 Å². The van der Waals surface area contributed by atoms with E-state index < -0.39 is 11.7 Å². The summed E-state index contributed by atoms with van der Waals surface area (Å²) in [5, 5.41) is 12.0. The van der Waals surface area contributed by atoms with Crippen LogP contribution in [0.4, 0.5) is 18.9 Å². The zero-order valence-electron chi connectivity index (χ0n) is 12.1. The van der Waals surface area contributed by atoms with Crippen LogP contribution in [-0.4, -0.2) is 41.7 Å². The van der Waals surface area contributed by atoms with Crippen molar-refractivity contribution in [1.82, 2.24) is 4.90 Å². The Morgan fingerprint density at radius 2 is 2.18 bits per heavy atom. The molecule has 0 aliphatic carbocycles. The molecule has 1 aliphatic rings. The first kappa shape index (κ1) is 16.8. The number of rotatable bonds is 4. The average Bonchev–Trinajstić information content (AvgIpc) is 2.45. The molecule has 1 unspecified atom stereocenters. The summed E-state index contributed by atoms with van der Waals surface area (Å²) >= 11 is 0. The number of hydrogen-bond acceptors (Lipinski definition) is 3. The van der Waals surface area contributed by atoms with Crippen molar-refractivity contribution in [2.45, 2.75) is 31.5 Å². The molecule has 7 heteroatoms. The van der Waals surface area contributed by atoms with Crippen LogP contribution in [0.3, 0.4) is 0 Å². The van der Waals surface area contributed by atoms with Crippen molar-refractivity contribution >= 4 is 11.6 Å². The minimum absolute atomic E-state index is 0.138.